The lowest BCUT2D eigenvalue weighted by Crippen LogP contribution is -2.50. The van der Waals surface area contributed by atoms with E-state index in [-0.39, 0.29) is 35.4 Å². The lowest BCUT2D eigenvalue weighted by molar-refractivity contribution is -0.139. The van der Waals surface area contributed by atoms with Crippen LogP contribution in [0.4, 0.5) is 4.39 Å². The fraction of sp³-hybridized carbons (Fsp3) is 0.529. The summed E-state index contributed by atoms with van der Waals surface area (Å²) in [7, 11) is 0. The van der Waals surface area contributed by atoms with Gasteiger partial charge in [0.15, 0.2) is 0 Å². The number of benzene rings is 1. The number of nitrogens with one attached hydrogen (secondary N) is 1. The number of morpholine rings is 1. The molecule has 1 aromatic carbocycles. The molecule has 0 aliphatic carbocycles. The van der Waals surface area contributed by atoms with Crippen molar-refractivity contribution in [2.24, 2.45) is 11.7 Å². The van der Waals surface area contributed by atoms with E-state index in [2.05, 4.69) is 5.32 Å². The Morgan fingerprint density at radius 3 is 2.84 bits per heavy atom. The highest BCUT2D eigenvalue weighted by Crippen LogP contribution is 2.26. The van der Waals surface area contributed by atoms with Gasteiger partial charge in [0.05, 0.1) is 30.8 Å². The molecule has 3 N–H and O–H groups in total. The zero-order valence-corrected chi connectivity index (χ0v) is 15.1. The first-order valence-corrected chi connectivity index (χ1v) is 8.55. The molecular weight excluding hydrogens is 349 g/mol. The topological polar surface area (TPSA) is 84.7 Å². The van der Waals surface area contributed by atoms with Gasteiger partial charge in [0.2, 0.25) is 11.8 Å². The van der Waals surface area contributed by atoms with Crippen LogP contribution in [0.3, 0.4) is 0 Å². The van der Waals surface area contributed by atoms with Gasteiger partial charge in [0.1, 0.15) is 11.9 Å². The van der Waals surface area contributed by atoms with Crippen LogP contribution in [0.15, 0.2) is 18.2 Å². The second-order valence-electron chi connectivity index (χ2n) is 6.36. The third kappa shape index (κ3) is 5.14. The van der Waals surface area contributed by atoms with E-state index in [1.54, 1.807) is 11.0 Å². The molecule has 1 heterocycles. The molecule has 0 radical (unpaired) electrons. The first-order chi connectivity index (χ1) is 11.8. The van der Waals surface area contributed by atoms with Crippen LogP contribution in [0.25, 0.3) is 0 Å². The quantitative estimate of drug-likeness (QED) is 0.821. The standard InChI is InChI=1S/C17H23ClFN3O3/c1-10(2)16(20)17(24)21-8-15(23)22-5-6-25-14(9-22)11-3-4-13(19)12(18)7-11/h3-4,7,10,14,16H,5-6,8-9,20H2,1-2H3,(H,21,24)/t14?,16-/m0/s1. The van der Waals surface area contributed by atoms with Gasteiger partial charge in [-0.3, -0.25) is 9.59 Å². The molecule has 1 aliphatic heterocycles. The zero-order chi connectivity index (χ0) is 18.6. The van der Waals surface area contributed by atoms with Crippen molar-refractivity contribution in [2.75, 3.05) is 26.2 Å². The van der Waals surface area contributed by atoms with Crippen molar-refractivity contribution in [3.8, 4) is 0 Å². The monoisotopic (exact) mass is 371 g/mol. The van der Waals surface area contributed by atoms with E-state index in [9.17, 15) is 14.0 Å². The molecule has 2 atom stereocenters. The fourth-order valence-electron chi connectivity index (χ4n) is 2.49. The predicted octanol–water partition coefficient (Wildman–Crippen LogP) is 1.48. The molecule has 0 saturated carbocycles. The number of halogens is 2. The van der Waals surface area contributed by atoms with Crippen LogP contribution >= 0.6 is 11.6 Å². The number of amides is 2. The van der Waals surface area contributed by atoms with Gasteiger partial charge in [0, 0.05) is 6.54 Å². The van der Waals surface area contributed by atoms with Gasteiger partial charge in [-0.1, -0.05) is 31.5 Å². The minimum atomic E-state index is -0.647. The number of carbonyl (C=O) groups is 2. The van der Waals surface area contributed by atoms with Crippen LogP contribution in [-0.4, -0.2) is 49.0 Å². The normalized spacial score (nSPS) is 19.0. The Hall–Kier alpha value is -1.70. The Morgan fingerprint density at radius 2 is 2.20 bits per heavy atom. The van der Waals surface area contributed by atoms with Crippen LogP contribution in [0.5, 0.6) is 0 Å². The Balaban J connectivity index is 1.92. The molecule has 8 heteroatoms. The molecule has 2 rings (SSSR count). The minimum Gasteiger partial charge on any atom is -0.370 e. The van der Waals surface area contributed by atoms with Crippen LogP contribution in [0.2, 0.25) is 5.02 Å². The molecule has 0 aromatic heterocycles. The highest BCUT2D eigenvalue weighted by Gasteiger charge is 2.26. The second kappa shape index (κ2) is 8.60. The van der Waals surface area contributed by atoms with Crippen LogP contribution < -0.4 is 11.1 Å². The summed E-state index contributed by atoms with van der Waals surface area (Å²) in [6.45, 7) is 4.66. The summed E-state index contributed by atoms with van der Waals surface area (Å²) < 4.78 is 18.9. The molecule has 2 amide bonds. The average Bonchev–Trinajstić information content (AvgIpc) is 2.61. The van der Waals surface area contributed by atoms with E-state index < -0.39 is 11.9 Å². The van der Waals surface area contributed by atoms with Crippen LogP contribution in [0, 0.1) is 11.7 Å². The number of hydrogen-bond acceptors (Lipinski definition) is 4. The summed E-state index contributed by atoms with van der Waals surface area (Å²) in [6.07, 6.45) is -0.385. The Kier molecular flexibility index (Phi) is 6.75. The van der Waals surface area contributed by atoms with E-state index in [0.29, 0.717) is 25.3 Å². The predicted molar refractivity (Wildman–Crippen MR) is 92.5 cm³/mol. The van der Waals surface area contributed by atoms with E-state index in [4.69, 9.17) is 22.1 Å². The fourth-order valence-corrected chi connectivity index (χ4v) is 2.67. The lowest BCUT2D eigenvalue weighted by Gasteiger charge is -2.33. The largest absolute Gasteiger partial charge is 0.370 e. The Morgan fingerprint density at radius 1 is 1.48 bits per heavy atom. The first-order valence-electron chi connectivity index (χ1n) is 8.17. The number of rotatable bonds is 5. The summed E-state index contributed by atoms with van der Waals surface area (Å²) >= 11 is 5.80. The summed E-state index contributed by atoms with van der Waals surface area (Å²) in [4.78, 5) is 25.8. The number of nitrogens with zero attached hydrogens (tertiary/aromatic N) is 1. The molecule has 0 bridgehead atoms. The smallest absolute Gasteiger partial charge is 0.242 e. The van der Waals surface area contributed by atoms with Crippen molar-refractivity contribution in [1.29, 1.82) is 0 Å². The first kappa shape index (κ1) is 19.6. The third-order valence-electron chi connectivity index (χ3n) is 4.17. The highest BCUT2D eigenvalue weighted by atomic mass is 35.5. The van der Waals surface area contributed by atoms with Crippen molar-refractivity contribution in [3.63, 3.8) is 0 Å². The molecule has 1 aliphatic rings. The summed E-state index contributed by atoms with van der Waals surface area (Å²) in [5, 5.41) is 2.58. The molecule has 0 spiro atoms. The van der Waals surface area contributed by atoms with Gasteiger partial charge < -0.3 is 20.7 Å². The summed E-state index contributed by atoms with van der Waals surface area (Å²) in [5.74, 6) is -1.08. The SMILES string of the molecule is CC(C)[C@H](N)C(=O)NCC(=O)N1CCOC(c2ccc(F)c(Cl)c2)C1. The van der Waals surface area contributed by atoms with Crippen molar-refractivity contribution >= 4 is 23.4 Å². The van der Waals surface area contributed by atoms with Crippen molar-refractivity contribution in [2.45, 2.75) is 26.0 Å². The van der Waals surface area contributed by atoms with Gasteiger partial charge in [-0.2, -0.15) is 0 Å². The highest BCUT2D eigenvalue weighted by molar-refractivity contribution is 6.30. The minimum absolute atomic E-state index is 0.00825. The lowest BCUT2D eigenvalue weighted by atomic mass is 10.1. The molecule has 6 nitrogen and oxygen atoms in total. The maximum Gasteiger partial charge on any atom is 0.242 e. The average molecular weight is 372 g/mol. The molecule has 1 fully saturated rings. The number of ether oxygens (including phenoxy) is 1. The zero-order valence-electron chi connectivity index (χ0n) is 14.3. The third-order valence-corrected chi connectivity index (χ3v) is 4.46. The maximum absolute atomic E-state index is 13.3. The van der Waals surface area contributed by atoms with Gasteiger partial charge in [-0.25, -0.2) is 4.39 Å². The van der Waals surface area contributed by atoms with Gasteiger partial charge in [-0.05, 0) is 23.6 Å². The number of nitrogens with two attached hydrogens (primary N) is 1. The van der Waals surface area contributed by atoms with E-state index >= 15 is 0 Å². The second-order valence-corrected chi connectivity index (χ2v) is 6.77. The van der Waals surface area contributed by atoms with Gasteiger partial charge in [0.25, 0.3) is 0 Å². The van der Waals surface area contributed by atoms with E-state index in [1.807, 2.05) is 13.8 Å². The summed E-state index contributed by atoms with van der Waals surface area (Å²) in [5.41, 5.74) is 6.45. The molecular formula is C17H23ClFN3O3. The number of hydrogen-bond donors (Lipinski definition) is 2. The van der Waals surface area contributed by atoms with Crippen molar-refractivity contribution in [3.05, 3.63) is 34.6 Å². The Bertz CT molecular complexity index is 642. The molecule has 138 valence electrons. The van der Waals surface area contributed by atoms with Gasteiger partial charge >= 0.3 is 0 Å². The summed E-state index contributed by atoms with van der Waals surface area (Å²) in [6, 6.07) is 3.71. The molecule has 1 saturated heterocycles. The molecule has 25 heavy (non-hydrogen) atoms. The molecule has 1 aromatic rings. The maximum atomic E-state index is 13.3. The van der Waals surface area contributed by atoms with E-state index in [1.165, 1.54) is 12.1 Å². The van der Waals surface area contributed by atoms with Crippen molar-refractivity contribution < 1.29 is 18.7 Å². The van der Waals surface area contributed by atoms with E-state index in [0.717, 1.165) is 0 Å². The van der Waals surface area contributed by atoms with Crippen LogP contribution in [0.1, 0.15) is 25.5 Å². The Labute approximate surface area is 151 Å². The van der Waals surface area contributed by atoms with Crippen molar-refractivity contribution in [1.82, 2.24) is 10.2 Å². The van der Waals surface area contributed by atoms with Gasteiger partial charge in [-0.15, -0.1) is 0 Å². The van der Waals surface area contributed by atoms with Crippen LogP contribution in [-0.2, 0) is 14.3 Å². The molecule has 1 unspecified atom stereocenters. The number of carbonyl (C=O) groups excluding carboxylic acids is 2.